The molecular weight excluding hydrogens is 326 g/mol. The number of cyclic esters (lactones) is 1. The number of ketones is 2. The maximum absolute atomic E-state index is 12.2. The number of allylic oxidation sites excluding steroid dienone is 5. The average molecular weight is 347 g/mol. The Balaban J connectivity index is 2.65. The fraction of sp³-hybridized carbons (Fsp3) is 0.389. The van der Waals surface area contributed by atoms with Crippen molar-refractivity contribution in [1.29, 1.82) is 0 Å². The van der Waals surface area contributed by atoms with Crippen LogP contribution in [0, 0.1) is 5.92 Å². The molecule has 7 heteroatoms. The van der Waals surface area contributed by atoms with E-state index in [0.717, 1.165) is 0 Å². The van der Waals surface area contributed by atoms with Crippen LogP contribution < -0.4 is 5.32 Å². The molecule has 2 aliphatic rings. The molecule has 7 nitrogen and oxygen atoms in total. The van der Waals surface area contributed by atoms with E-state index in [-0.39, 0.29) is 28.8 Å². The van der Waals surface area contributed by atoms with Gasteiger partial charge in [-0.3, -0.25) is 9.59 Å². The number of methoxy groups -OCH3 is 2. The van der Waals surface area contributed by atoms with Gasteiger partial charge in [-0.15, -0.1) is 0 Å². The average Bonchev–Trinajstić information content (AvgIpc) is 2.80. The molecule has 0 fully saturated rings. The summed E-state index contributed by atoms with van der Waals surface area (Å²) < 4.78 is 15.4. The van der Waals surface area contributed by atoms with Crippen molar-refractivity contribution in [2.45, 2.75) is 27.7 Å². The summed E-state index contributed by atoms with van der Waals surface area (Å²) in [6, 6.07) is 0. The number of hydrogen-bond donors (Lipinski definition) is 1. The Kier molecular flexibility index (Phi) is 5.15. The van der Waals surface area contributed by atoms with E-state index in [0.29, 0.717) is 22.5 Å². The number of hydrogen-bond acceptors (Lipinski definition) is 7. The lowest BCUT2D eigenvalue weighted by Crippen LogP contribution is -2.30. The number of ether oxygens (including phenoxy) is 3. The molecule has 2 aliphatic heterocycles. The molecule has 0 unspecified atom stereocenters. The van der Waals surface area contributed by atoms with E-state index in [1.165, 1.54) is 28.1 Å². The van der Waals surface area contributed by atoms with Crippen molar-refractivity contribution >= 4 is 17.5 Å². The van der Waals surface area contributed by atoms with Crippen LogP contribution in [0.5, 0.6) is 0 Å². The second-order valence-electron chi connectivity index (χ2n) is 5.78. The van der Waals surface area contributed by atoms with Gasteiger partial charge in [0.1, 0.15) is 0 Å². The topological polar surface area (TPSA) is 90.9 Å². The molecular formula is C18H21NO6. The molecule has 25 heavy (non-hydrogen) atoms. The fourth-order valence-corrected chi connectivity index (χ4v) is 3.19. The van der Waals surface area contributed by atoms with Crippen LogP contribution in [0.4, 0.5) is 0 Å². The van der Waals surface area contributed by atoms with Crippen molar-refractivity contribution in [2.75, 3.05) is 14.2 Å². The lowest BCUT2D eigenvalue weighted by atomic mass is 9.81. The minimum atomic E-state index is -0.685. The third kappa shape index (κ3) is 3.22. The highest BCUT2D eigenvalue weighted by Gasteiger charge is 2.37. The van der Waals surface area contributed by atoms with Crippen molar-refractivity contribution in [3.8, 4) is 0 Å². The Morgan fingerprint density at radius 3 is 1.88 bits per heavy atom. The van der Waals surface area contributed by atoms with Crippen molar-refractivity contribution < 1.29 is 28.6 Å². The quantitative estimate of drug-likeness (QED) is 0.759. The predicted molar refractivity (Wildman–Crippen MR) is 88.6 cm³/mol. The summed E-state index contributed by atoms with van der Waals surface area (Å²) in [6.07, 6.45) is 1.55. The molecule has 0 amide bonds. The molecule has 0 aromatic heterocycles. The molecule has 0 saturated heterocycles. The number of nitrogens with one attached hydrogen (secondary N) is 1. The second kappa shape index (κ2) is 6.96. The highest BCUT2D eigenvalue weighted by Crippen LogP contribution is 2.36. The number of Topliss-reactive ketones (excluding diaryl/α,β-unsaturated/α-hetero) is 2. The first-order valence-electron chi connectivity index (χ1n) is 7.69. The highest BCUT2D eigenvalue weighted by molar-refractivity contribution is 6.02. The molecule has 0 saturated carbocycles. The summed E-state index contributed by atoms with van der Waals surface area (Å²) >= 11 is 0. The van der Waals surface area contributed by atoms with Crippen LogP contribution in [-0.2, 0) is 28.6 Å². The van der Waals surface area contributed by atoms with Gasteiger partial charge < -0.3 is 19.5 Å². The number of dihydropyridines is 1. The lowest BCUT2D eigenvalue weighted by Gasteiger charge is -2.28. The summed E-state index contributed by atoms with van der Waals surface area (Å²) in [5.41, 5.74) is 2.16. The van der Waals surface area contributed by atoms with E-state index in [2.05, 4.69) is 5.32 Å². The zero-order valence-electron chi connectivity index (χ0n) is 15.1. The third-order valence-corrected chi connectivity index (χ3v) is 4.11. The number of carbonyl (C=O) groups is 3. The van der Waals surface area contributed by atoms with Gasteiger partial charge in [0, 0.05) is 28.5 Å². The van der Waals surface area contributed by atoms with E-state index in [1.54, 1.807) is 19.9 Å². The predicted octanol–water partition coefficient (Wildman–Crippen LogP) is 1.88. The normalized spacial score (nSPS) is 20.1. The van der Waals surface area contributed by atoms with Crippen LogP contribution in [0.2, 0.25) is 0 Å². The standard InChI is InChI=1S/C18H21NO6/c1-8-14(10(3)20)12(15(11(4)21)9(2)19-8)7-13-16(23-5)17(24-6)18(22)25-13/h7,12,19H,1-6H3/b13-7-. The summed E-state index contributed by atoms with van der Waals surface area (Å²) in [4.78, 5) is 36.2. The van der Waals surface area contributed by atoms with Gasteiger partial charge in [0.05, 0.1) is 14.2 Å². The van der Waals surface area contributed by atoms with Crippen LogP contribution in [0.25, 0.3) is 0 Å². The van der Waals surface area contributed by atoms with Gasteiger partial charge in [-0.05, 0) is 33.8 Å². The molecule has 2 rings (SSSR count). The molecule has 2 heterocycles. The molecule has 1 N–H and O–H groups in total. The molecule has 0 aromatic carbocycles. The Morgan fingerprint density at radius 2 is 1.48 bits per heavy atom. The molecule has 0 spiro atoms. The molecule has 134 valence electrons. The monoisotopic (exact) mass is 347 g/mol. The summed E-state index contributed by atoms with van der Waals surface area (Å²) in [5.74, 6) is -1.51. The Morgan fingerprint density at radius 1 is 1.00 bits per heavy atom. The smallest absolute Gasteiger partial charge is 0.383 e. The first-order chi connectivity index (χ1) is 11.7. The van der Waals surface area contributed by atoms with Crippen molar-refractivity contribution in [2.24, 2.45) is 5.92 Å². The number of carbonyl (C=O) groups excluding carboxylic acids is 3. The SMILES string of the molecule is COC1=C(OC)/C(=C/C2C(C(C)=O)=C(C)NC(C)=C2C(C)=O)OC1=O. The zero-order valence-corrected chi connectivity index (χ0v) is 15.1. The van der Waals surface area contributed by atoms with Crippen LogP contribution in [-0.4, -0.2) is 31.8 Å². The lowest BCUT2D eigenvalue weighted by molar-refractivity contribution is -0.136. The van der Waals surface area contributed by atoms with Crippen molar-refractivity contribution in [3.05, 3.63) is 45.9 Å². The minimum absolute atomic E-state index is 0.0576. The number of rotatable bonds is 5. The highest BCUT2D eigenvalue weighted by atomic mass is 16.6. The second-order valence-corrected chi connectivity index (χ2v) is 5.78. The Hall–Kier alpha value is -2.83. The van der Waals surface area contributed by atoms with E-state index in [4.69, 9.17) is 14.2 Å². The Bertz CT molecular complexity index is 745. The molecule has 0 atom stereocenters. The third-order valence-electron chi connectivity index (χ3n) is 4.11. The fourth-order valence-electron chi connectivity index (χ4n) is 3.19. The molecule has 0 aliphatic carbocycles. The van der Waals surface area contributed by atoms with Crippen LogP contribution in [0.3, 0.4) is 0 Å². The first-order valence-corrected chi connectivity index (χ1v) is 7.69. The van der Waals surface area contributed by atoms with Gasteiger partial charge in [0.15, 0.2) is 17.3 Å². The summed E-state index contributed by atoms with van der Waals surface area (Å²) in [6.45, 7) is 6.38. The van der Waals surface area contributed by atoms with Gasteiger partial charge in [0.2, 0.25) is 5.76 Å². The van der Waals surface area contributed by atoms with Gasteiger partial charge in [-0.1, -0.05) is 0 Å². The summed E-state index contributed by atoms with van der Waals surface area (Å²) in [5, 5.41) is 3.06. The maximum Gasteiger partial charge on any atom is 0.383 e. The van der Waals surface area contributed by atoms with Crippen LogP contribution in [0.15, 0.2) is 45.9 Å². The van der Waals surface area contributed by atoms with Gasteiger partial charge in [0.25, 0.3) is 5.76 Å². The van der Waals surface area contributed by atoms with E-state index < -0.39 is 11.9 Å². The molecule has 0 bridgehead atoms. The summed E-state index contributed by atoms with van der Waals surface area (Å²) in [7, 11) is 2.71. The number of esters is 1. The van der Waals surface area contributed by atoms with E-state index >= 15 is 0 Å². The molecule has 0 aromatic rings. The minimum Gasteiger partial charge on any atom is -0.490 e. The van der Waals surface area contributed by atoms with Crippen LogP contribution in [0.1, 0.15) is 27.7 Å². The first kappa shape index (κ1) is 18.5. The van der Waals surface area contributed by atoms with Crippen molar-refractivity contribution in [3.63, 3.8) is 0 Å². The van der Waals surface area contributed by atoms with Crippen LogP contribution >= 0.6 is 0 Å². The Labute approximate surface area is 146 Å². The zero-order chi connectivity index (χ0) is 18.9. The van der Waals surface area contributed by atoms with Gasteiger partial charge in [-0.2, -0.15) is 0 Å². The maximum atomic E-state index is 12.2. The van der Waals surface area contributed by atoms with E-state index in [9.17, 15) is 14.4 Å². The van der Waals surface area contributed by atoms with Crippen molar-refractivity contribution in [1.82, 2.24) is 5.32 Å². The molecule has 0 radical (unpaired) electrons. The van der Waals surface area contributed by atoms with Gasteiger partial charge in [-0.25, -0.2) is 4.79 Å². The largest absolute Gasteiger partial charge is 0.490 e. The van der Waals surface area contributed by atoms with Gasteiger partial charge >= 0.3 is 5.97 Å². The van der Waals surface area contributed by atoms with E-state index in [1.807, 2.05) is 0 Å².